The second-order valence-electron chi connectivity index (χ2n) is 11.1. The van der Waals surface area contributed by atoms with Crippen molar-refractivity contribution in [2.75, 3.05) is 6.54 Å². The zero-order valence-electron chi connectivity index (χ0n) is 25.7. The standard InChI is InChI=1S/C32H40N10O5/c33-23(13-19-7-2-1-3-8-19)28(43)41-26(15-21-17-36-18-39-21)30(45)40-25(11-6-12-37-32(34)35)29(44)42-27(31(46)47)14-20-16-38-24-10-5-4-9-22(20)24/h1-5,7-10,16-18,23,25-27,38H,6,11-15,33H2,(H,36,39)(H,40,45)(H,41,43)(H,42,44)(H,46,47)(H4,34,35,37). The number of aliphatic carboxylic acids is 1. The second kappa shape index (κ2) is 16.6. The van der Waals surface area contributed by atoms with E-state index in [0.717, 1.165) is 16.5 Å². The lowest BCUT2D eigenvalue weighted by Gasteiger charge is -2.25. The average Bonchev–Trinajstić information content (AvgIpc) is 3.72. The van der Waals surface area contributed by atoms with Gasteiger partial charge in [-0.1, -0.05) is 48.5 Å². The number of carboxylic acid groups (broad SMARTS) is 1. The molecule has 4 unspecified atom stereocenters. The van der Waals surface area contributed by atoms with Crippen LogP contribution in [-0.4, -0.2) is 80.4 Å². The maximum absolute atomic E-state index is 13.7. The number of aromatic amines is 2. The predicted octanol–water partition coefficient (Wildman–Crippen LogP) is -0.161. The van der Waals surface area contributed by atoms with Gasteiger partial charge in [0.05, 0.1) is 12.4 Å². The molecule has 0 radical (unpaired) electrons. The number of rotatable bonds is 17. The molecule has 0 bridgehead atoms. The van der Waals surface area contributed by atoms with Crippen LogP contribution in [-0.2, 0) is 38.4 Å². The monoisotopic (exact) mass is 644 g/mol. The zero-order valence-corrected chi connectivity index (χ0v) is 25.7. The first kappa shape index (κ1) is 34.2. The van der Waals surface area contributed by atoms with Gasteiger partial charge in [0.25, 0.3) is 0 Å². The van der Waals surface area contributed by atoms with E-state index in [4.69, 9.17) is 17.2 Å². The smallest absolute Gasteiger partial charge is 0.326 e. The van der Waals surface area contributed by atoms with Crippen molar-refractivity contribution >= 4 is 40.6 Å². The Kier molecular flexibility index (Phi) is 12.0. The molecule has 2 aromatic carbocycles. The molecule has 0 saturated carbocycles. The summed E-state index contributed by atoms with van der Waals surface area (Å²) in [6.07, 6.45) is 5.28. The summed E-state index contributed by atoms with van der Waals surface area (Å²) in [5.41, 5.74) is 20.0. The summed E-state index contributed by atoms with van der Waals surface area (Å²) in [5.74, 6) is -3.33. The molecule has 0 aliphatic rings. The number of fused-ring (bicyclic) bond motifs is 1. The van der Waals surface area contributed by atoms with E-state index in [-0.39, 0.29) is 44.6 Å². The molecule has 0 fully saturated rings. The predicted molar refractivity (Wildman–Crippen MR) is 176 cm³/mol. The van der Waals surface area contributed by atoms with Gasteiger partial charge in [0, 0.05) is 48.4 Å². The van der Waals surface area contributed by atoms with Gasteiger partial charge >= 0.3 is 5.97 Å². The number of para-hydroxylation sites is 1. The third-order valence-electron chi connectivity index (χ3n) is 7.54. The van der Waals surface area contributed by atoms with E-state index >= 15 is 0 Å². The molecule has 0 aliphatic carbocycles. The van der Waals surface area contributed by atoms with Gasteiger partial charge in [-0.2, -0.15) is 0 Å². The molecule has 0 aliphatic heterocycles. The number of aromatic nitrogens is 3. The van der Waals surface area contributed by atoms with Gasteiger partial charge in [-0.05, 0) is 36.5 Å². The van der Waals surface area contributed by atoms with E-state index in [1.54, 1.807) is 6.20 Å². The lowest BCUT2D eigenvalue weighted by atomic mass is 10.0. The average molecular weight is 645 g/mol. The van der Waals surface area contributed by atoms with Crippen molar-refractivity contribution in [1.82, 2.24) is 30.9 Å². The molecule has 248 valence electrons. The van der Waals surface area contributed by atoms with Crippen LogP contribution in [0.2, 0.25) is 0 Å². The third-order valence-corrected chi connectivity index (χ3v) is 7.54. The van der Waals surface area contributed by atoms with Crippen LogP contribution in [0.3, 0.4) is 0 Å². The van der Waals surface area contributed by atoms with Gasteiger partial charge < -0.3 is 48.2 Å². The largest absolute Gasteiger partial charge is 0.480 e. The maximum Gasteiger partial charge on any atom is 0.326 e. The number of aliphatic imine (C=N–C) groups is 1. The maximum atomic E-state index is 13.7. The van der Waals surface area contributed by atoms with Gasteiger partial charge in [-0.3, -0.25) is 19.4 Å². The Hall–Kier alpha value is -5.70. The molecule has 15 heteroatoms. The molecule has 47 heavy (non-hydrogen) atoms. The summed E-state index contributed by atoms with van der Waals surface area (Å²) in [4.78, 5) is 66.6. The lowest BCUT2D eigenvalue weighted by Crippen LogP contribution is -2.58. The Bertz CT molecular complexity index is 1670. The molecule has 12 N–H and O–H groups in total. The van der Waals surface area contributed by atoms with Crippen molar-refractivity contribution in [3.8, 4) is 0 Å². The van der Waals surface area contributed by atoms with Crippen molar-refractivity contribution in [1.29, 1.82) is 0 Å². The molecular weight excluding hydrogens is 604 g/mol. The number of imidazole rings is 1. The van der Waals surface area contributed by atoms with Crippen LogP contribution in [0.15, 0.2) is 78.3 Å². The summed E-state index contributed by atoms with van der Waals surface area (Å²) in [5, 5.41) is 18.8. The number of guanidine groups is 1. The lowest BCUT2D eigenvalue weighted by molar-refractivity contribution is -0.142. The molecule has 0 spiro atoms. The van der Waals surface area contributed by atoms with Gasteiger partial charge in [-0.15, -0.1) is 0 Å². The van der Waals surface area contributed by atoms with Gasteiger partial charge in [0.2, 0.25) is 17.7 Å². The number of carbonyl (C=O) groups excluding carboxylic acids is 3. The van der Waals surface area contributed by atoms with Crippen LogP contribution in [0, 0.1) is 0 Å². The number of nitrogens with zero attached hydrogens (tertiary/aromatic N) is 2. The number of carboxylic acids is 1. The van der Waals surface area contributed by atoms with Crippen molar-refractivity contribution < 1.29 is 24.3 Å². The summed E-state index contributed by atoms with van der Waals surface area (Å²) >= 11 is 0. The number of hydrogen-bond acceptors (Lipinski definition) is 7. The van der Waals surface area contributed by atoms with E-state index in [2.05, 4.69) is 35.9 Å². The van der Waals surface area contributed by atoms with Crippen LogP contribution >= 0.6 is 0 Å². The molecule has 3 amide bonds. The summed E-state index contributed by atoms with van der Waals surface area (Å²) in [6, 6.07) is 12.1. The van der Waals surface area contributed by atoms with Crippen molar-refractivity contribution in [3.63, 3.8) is 0 Å². The number of benzene rings is 2. The normalized spacial score (nSPS) is 13.6. The van der Waals surface area contributed by atoms with Crippen LogP contribution in [0.25, 0.3) is 10.9 Å². The molecule has 2 heterocycles. The fraction of sp³-hybridized carbons (Fsp3) is 0.312. The first-order valence-corrected chi connectivity index (χ1v) is 15.1. The molecule has 0 saturated heterocycles. The first-order valence-electron chi connectivity index (χ1n) is 15.1. The highest BCUT2D eigenvalue weighted by molar-refractivity contribution is 5.94. The highest BCUT2D eigenvalue weighted by Crippen LogP contribution is 2.19. The summed E-state index contributed by atoms with van der Waals surface area (Å²) in [7, 11) is 0. The van der Waals surface area contributed by atoms with Crippen molar-refractivity contribution in [3.05, 3.63) is 90.1 Å². The minimum absolute atomic E-state index is 0.00242. The van der Waals surface area contributed by atoms with Crippen molar-refractivity contribution in [2.45, 2.75) is 56.3 Å². The van der Waals surface area contributed by atoms with Crippen LogP contribution in [0.1, 0.15) is 29.7 Å². The summed E-state index contributed by atoms with van der Waals surface area (Å²) < 4.78 is 0. The number of hydrogen-bond donors (Lipinski definition) is 9. The zero-order chi connectivity index (χ0) is 33.8. The van der Waals surface area contributed by atoms with Crippen LogP contribution in [0.5, 0.6) is 0 Å². The second-order valence-corrected chi connectivity index (χ2v) is 11.1. The third kappa shape index (κ3) is 10.2. The Morgan fingerprint density at radius 1 is 0.830 bits per heavy atom. The fourth-order valence-electron chi connectivity index (χ4n) is 5.10. The van der Waals surface area contributed by atoms with Gasteiger partial charge in [0.15, 0.2) is 5.96 Å². The van der Waals surface area contributed by atoms with E-state index in [0.29, 0.717) is 11.3 Å². The Morgan fingerprint density at radius 3 is 2.21 bits per heavy atom. The van der Waals surface area contributed by atoms with Gasteiger partial charge in [0.1, 0.15) is 18.1 Å². The van der Waals surface area contributed by atoms with E-state index in [1.807, 2.05) is 54.6 Å². The quantitative estimate of drug-likeness (QED) is 0.0419. The van der Waals surface area contributed by atoms with Gasteiger partial charge in [-0.25, -0.2) is 9.78 Å². The minimum atomic E-state index is -1.30. The fourth-order valence-corrected chi connectivity index (χ4v) is 5.10. The van der Waals surface area contributed by atoms with E-state index in [1.165, 1.54) is 12.5 Å². The van der Waals surface area contributed by atoms with Crippen LogP contribution < -0.4 is 33.2 Å². The van der Waals surface area contributed by atoms with Crippen LogP contribution in [0.4, 0.5) is 0 Å². The number of amides is 3. The molecule has 15 nitrogen and oxygen atoms in total. The number of carbonyl (C=O) groups is 4. The molecular formula is C32H40N10O5. The molecule has 4 aromatic rings. The number of nitrogens with one attached hydrogen (secondary N) is 5. The summed E-state index contributed by atoms with van der Waals surface area (Å²) in [6.45, 7) is 0.169. The van der Waals surface area contributed by atoms with E-state index < -0.39 is 47.9 Å². The first-order chi connectivity index (χ1) is 22.6. The Balaban J connectivity index is 1.50. The minimum Gasteiger partial charge on any atom is -0.480 e. The SMILES string of the molecule is NC(N)=NCCCC(NC(=O)C(Cc1cnc[nH]1)NC(=O)C(N)Cc1ccccc1)C(=O)NC(Cc1c[nH]c2ccccc12)C(=O)O. The topological polar surface area (TPSA) is 259 Å². The highest BCUT2D eigenvalue weighted by Gasteiger charge is 2.31. The van der Waals surface area contributed by atoms with Crippen molar-refractivity contribution in [2.24, 2.45) is 22.2 Å². The molecule has 4 atom stereocenters. The number of H-pyrrole nitrogens is 2. The highest BCUT2D eigenvalue weighted by atomic mass is 16.4. The molecule has 4 rings (SSSR count). The Labute approximate surface area is 270 Å². The van der Waals surface area contributed by atoms with E-state index in [9.17, 15) is 24.3 Å². The number of nitrogens with two attached hydrogens (primary N) is 3. The molecule has 2 aromatic heterocycles. The Morgan fingerprint density at radius 2 is 1.51 bits per heavy atom.